The minimum absolute atomic E-state index is 0.120. The summed E-state index contributed by atoms with van der Waals surface area (Å²) in [5, 5.41) is 10.1. The van der Waals surface area contributed by atoms with Crippen LogP contribution in [0.3, 0.4) is 0 Å². The summed E-state index contributed by atoms with van der Waals surface area (Å²) in [6.07, 6.45) is -1.11. The Balaban J connectivity index is 2.28. The van der Waals surface area contributed by atoms with E-state index in [1.54, 1.807) is 24.3 Å². The second-order valence-corrected chi connectivity index (χ2v) is 4.66. The van der Waals surface area contributed by atoms with E-state index in [0.29, 0.717) is 11.3 Å². The van der Waals surface area contributed by atoms with Gasteiger partial charge in [0.25, 0.3) is 0 Å². The predicted octanol–water partition coefficient (Wildman–Crippen LogP) is 3.56. The largest absolute Gasteiger partial charge is 0.497 e. The van der Waals surface area contributed by atoms with Gasteiger partial charge in [0.05, 0.1) is 18.8 Å². The number of aliphatic hydroxyl groups excluding tert-OH is 1. The zero-order valence-corrected chi connectivity index (χ0v) is 11.4. The molecule has 0 fully saturated rings. The molecule has 0 saturated heterocycles. The van der Waals surface area contributed by atoms with Crippen LogP contribution in [0.5, 0.6) is 5.75 Å². The molecule has 106 valence electrons. The van der Waals surface area contributed by atoms with Crippen LogP contribution in [0.15, 0.2) is 36.4 Å². The molecule has 0 bridgehead atoms. The molecule has 4 heteroatoms. The highest BCUT2D eigenvalue weighted by Gasteiger charge is 2.20. The minimum Gasteiger partial charge on any atom is -0.497 e. The van der Waals surface area contributed by atoms with Crippen LogP contribution in [0, 0.1) is 18.6 Å². The molecule has 0 aliphatic carbocycles. The van der Waals surface area contributed by atoms with Crippen LogP contribution in [0.25, 0.3) is 0 Å². The molecule has 0 aliphatic rings. The maximum absolute atomic E-state index is 13.9. The summed E-state index contributed by atoms with van der Waals surface area (Å²) in [4.78, 5) is 0. The van der Waals surface area contributed by atoms with Crippen molar-refractivity contribution in [2.45, 2.75) is 19.4 Å². The lowest BCUT2D eigenvalue weighted by Crippen LogP contribution is -2.08. The molecular weight excluding hydrogens is 262 g/mol. The minimum atomic E-state index is -1.23. The van der Waals surface area contributed by atoms with E-state index >= 15 is 0 Å². The molecule has 1 unspecified atom stereocenters. The SMILES string of the molecule is COc1cccc(CC(O)c2c(F)ccc(C)c2F)c1. The lowest BCUT2D eigenvalue weighted by molar-refractivity contribution is 0.168. The van der Waals surface area contributed by atoms with E-state index in [-0.39, 0.29) is 12.0 Å². The van der Waals surface area contributed by atoms with Crippen molar-refractivity contribution >= 4 is 0 Å². The van der Waals surface area contributed by atoms with Gasteiger partial charge in [-0.05, 0) is 36.2 Å². The van der Waals surface area contributed by atoms with Crippen molar-refractivity contribution in [3.05, 3.63) is 64.7 Å². The first-order chi connectivity index (χ1) is 9.52. The second kappa shape index (κ2) is 6.01. The van der Waals surface area contributed by atoms with Crippen molar-refractivity contribution in [2.24, 2.45) is 0 Å². The van der Waals surface area contributed by atoms with Crippen LogP contribution in [-0.2, 0) is 6.42 Å². The molecular formula is C16H16F2O2. The lowest BCUT2D eigenvalue weighted by Gasteiger charge is -2.14. The van der Waals surface area contributed by atoms with E-state index in [4.69, 9.17) is 4.74 Å². The molecule has 0 amide bonds. The van der Waals surface area contributed by atoms with E-state index in [9.17, 15) is 13.9 Å². The lowest BCUT2D eigenvalue weighted by atomic mass is 9.98. The standard InChI is InChI=1S/C16H16F2O2/c1-10-6-7-13(17)15(16(10)18)14(19)9-11-4-3-5-12(8-11)20-2/h3-8,14,19H,9H2,1-2H3. The Kier molecular flexibility index (Phi) is 4.35. The summed E-state index contributed by atoms with van der Waals surface area (Å²) in [5.74, 6) is -0.788. The highest BCUT2D eigenvalue weighted by Crippen LogP contribution is 2.27. The first-order valence-electron chi connectivity index (χ1n) is 6.28. The van der Waals surface area contributed by atoms with Gasteiger partial charge < -0.3 is 9.84 Å². The second-order valence-electron chi connectivity index (χ2n) is 4.66. The van der Waals surface area contributed by atoms with Crippen LogP contribution in [0.1, 0.15) is 22.8 Å². The molecule has 0 radical (unpaired) electrons. The summed E-state index contributed by atoms with van der Waals surface area (Å²) in [7, 11) is 1.54. The van der Waals surface area contributed by atoms with Gasteiger partial charge in [0.2, 0.25) is 0 Å². The van der Waals surface area contributed by atoms with Gasteiger partial charge >= 0.3 is 0 Å². The normalized spacial score (nSPS) is 12.2. The van der Waals surface area contributed by atoms with Crippen LogP contribution in [-0.4, -0.2) is 12.2 Å². The molecule has 0 saturated carbocycles. The van der Waals surface area contributed by atoms with Gasteiger partial charge in [0.1, 0.15) is 17.4 Å². The summed E-state index contributed by atoms with van der Waals surface area (Å²) < 4.78 is 32.7. The zero-order valence-electron chi connectivity index (χ0n) is 11.4. The van der Waals surface area contributed by atoms with E-state index in [2.05, 4.69) is 0 Å². The number of rotatable bonds is 4. The smallest absolute Gasteiger partial charge is 0.134 e. The third-order valence-corrected chi connectivity index (χ3v) is 3.22. The summed E-state index contributed by atoms with van der Waals surface area (Å²) in [6.45, 7) is 1.54. The summed E-state index contributed by atoms with van der Waals surface area (Å²) in [5.41, 5.74) is 0.774. The highest BCUT2D eigenvalue weighted by molar-refractivity contribution is 5.32. The number of methoxy groups -OCH3 is 1. The topological polar surface area (TPSA) is 29.5 Å². The molecule has 1 N–H and O–H groups in total. The Labute approximate surface area is 116 Å². The number of halogens is 2. The third-order valence-electron chi connectivity index (χ3n) is 3.22. The van der Waals surface area contributed by atoms with Crippen molar-refractivity contribution < 1.29 is 18.6 Å². The van der Waals surface area contributed by atoms with Gasteiger partial charge in [-0.3, -0.25) is 0 Å². The number of ether oxygens (including phenoxy) is 1. The molecule has 2 nitrogen and oxygen atoms in total. The van der Waals surface area contributed by atoms with Gasteiger partial charge in [0, 0.05) is 6.42 Å². The van der Waals surface area contributed by atoms with E-state index < -0.39 is 17.7 Å². The van der Waals surface area contributed by atoms with Gasteiger partial charge in [-0.25, -0.2) is 8.78 Å². The van der Waals surface area contributed by atoms with Gasteiger partial charge in [-0.1, -0.05) is 18.2 Å². The molecule has 0 spiro atoms. The average Bonchev–Trinajstić information content (AvgIpc) is 2.43. The Hall–Kier alpha value is -1.94. The first-order valence-corrected chi connectivity index (χ1v) is 6.28. The fourth-order valence-corrected chi connectivity index (χ4v) is 2.11. The average molecular weight is 278 g/mol. The Morgan fingerprint density at radius 2 is 1.95 bits per heavy atom. The van der Waals surface area contributed by atoms with Crippen molar-refractivity contribution in [1.82, 2.24) is 0 Å². The fraction of sp³-hybridized carbons (Fsp3) is 0.250. The van der Waals surface area contributed by atoms with Gasteiger partial charge in [-0.15, -0.1) is 0 Å². The Morgan fingerprint density at radius 3 is 2.65 bits per heavy atom. The maximum Gasteiger partial charge on any atom is 0.134 e. The van der Waals surface area contributed by atoms with Crippen molar-refractivity contribution in [3.8, 4) is 5.75 Å². The number of hydrogen-bond acceptors (Lipinski definition) is 2. The predicted molar refractivity (Wildman–Crippen MR) is 72.8 cm³/mol. The van der Waals surface area contributed by atoms with Crippen molar-refractivity contribution in [3.63, 3.8) is 0 Å². The Bertz CT molecular complexity index is 611. The summed E-state index contributed by atoms with van der Waals surface area (Å²) in [6, 6.07) is 9.56. The zero-order chi connectivity index (χ0) is 14.7. The molecule has 1 atom stereocenters. The monoisotopic (exact) mass is 278 g/mol. The van der Waals surface area contributed by atoms with Crippen LogP contribution >= 0.6 is 0 Å². The van der Waals surface area contributed by atoms with Crippen LogP contribution in [0.4, 0.5) is 8.78 Å². The van der Waals surface area contributed by atoms with E-state index in [1.807, 2.05) is 0 Å². The molecule has 0 heterocycles. The number of benzene rings is 2. The Morgan fingerprint density at radius 1 is 1.20 bits per heavy atom. The molecule has 0 aliphatic heterocycles. The molecule has 2 aromatic rings. The van der Waals surface area contributed by atoms with Gasteiger partial charge in [0.15, 0.2) is 0 Å². The van der Waals surface area contributed by atoms with Crippen molar-refractivity contribution in [1.29, 1.82) is 0 Å². The van der Waals surface area contributed by atoms with E-state index in [0.717, 1.165) is 5.56 Å². The first kappa shape index (κ1) is 14.5. The number of aryl methyl sites for hydroxylation is 1. The summed E-state index contributed by atoms with van der Waals surface area (Å²) >= 11 is 0. The number of aliphatic hydroxyl groups is 1. The molecule has 2 aromatic carbocycles. The quantitative estimate of drug-likeness (QED) is 0.926. The number of hydrogen-bond donors (Lipinski definition) is 1. The van der Waals surface area contributed by atoms with Crippen LogP contribution < -0.4 is 4.74 Å². The molecule has 20 heavy (non-hydrogen) atoms. The molecule has 2 rings (SSSR count). The maximum atomic E-state index is 13.9. The molecule has 0 aromatic heterocycles. The van der Waals surface area contributed by atoms with E-state index in [1.165, 1.54) is 26.2 Å². The third kappa shape index (κ3) is 2.96. The van der Waals surface area contributed by atoms with Crippen molar-refractivity contribution in [2.75, 3.05) is 7.11 Å². The fourth-order valence-electron chi connectivity index (χ4n) is 2.11. The van der Waals surface area contributed by atoms with Crippen LogP contribution in [0.2, 0.25) is 0 Å². The highest BCUT2D eigenvalue weighted by atomic mass is 19.1. The van der Waals surface area contributed by atoms with Gasteiger partial charge in [-0.2, -0.15) is 0 Å².